The Morgan fingerprint density at radius 3 is 2.66 bits per heavy atom. The molecular formula is C23H20ClFN4O3. The molecule has 0 bridgehead atoms. The van der Waals surface area contributed by atoms with Crippen molar-refractivity contribution in [2.45, 2.75) is 20.1 Å². The van der Waals surface area contributed by atoms with Crippen molar-refractivity contribution in [3.05, 3.63) is 88.5 Å². The lowest BCUT2D eigenvalue weighted by atomic mass is 10.1. The first-order valence-electron chi connectivity index (χ1n) is 9.84. The quantitative estimate of drug-likeness (QED) is 0.412. The van der Waals surface area contributed by atoms with Crippen LogP contribution < -0.4 is 5.32 Å². The summed E-state index contributed by atoms with van der Waals surface area (Å²) in [6.45, 7) is 2.42. The van der Waals surface area contributed by atoms with Crippen LogP contribution in [0.3, 0.4) is 0 Å². The molecule has 2 heterocycles. The lowest BCUT2D eigenvalue weighted by Gasteiger charge is -2.05. The maximum absolute atomic E-state index is 13.0. The fourth-order valence-corrected chi connectivity index (χ4v) is 3.18. The van der Waals surface area contributed by atoms with Crippen LogP contribution in [0.25, 0.3) is 11.3 Å². The summed E-state index contributed by atoms with van der Waals surface area (Å²) >= 11 is 5.92. The van der Waals surface area contributed by atoms with Gasteiger partial charge in [0.05, 0.1) is 13.2 Å². The standard InChI is InChI=1S/C23H20ClFN4O3/c1-15-10-22(27-29(15)12-16-2-6-18(24)7-3-16)26-23(30)14-31-13-20-11-21(32-28-20)17-4-8-19(25)9-5-17/h2-11H,12-14H2,1H3,(H,26,27,30). The van der Waals surface area contributed by atoms with E-state index in [0.29, 0.717) is 34.4 Å². The van der Waals surface area contributed by atoms with E-state index in [1.807, 2.05) is 31.2 Å². The zero-order chi connectivity index (χ0) is 22.5. The Morgan fingerprint density at radius 2 is 1.91 bits per heavy atom. The highest BCUT2D eigenvalue weighted by molar-refractivity contribution is 6.30. The molecule has 32 heavy (non-hydrogen) atoms. The Morgan fingerprint density at radius 1 is 1.16 bits per heavy atom. The Kier molecular flexibility index (Phi) is 6.63. The zero-order valence-corrected chi connectivity index (χ0v) is 18.0. The minimum Gasteiger partial charge on any atom is -0.365 e. The highest BCUT2D eigenvalue weighted by Gasteiger charge is 2.11. The van der Waals surface area contributed by atoms with Crippen LogP contribution >= 0.6 is 11.6 Å². The fraction of sp³-hybridized carbons (Fsp3) is 0.174. The van der Waals surface area contributed by atoms with E-state index in [1.54, 1.807) is 28.9 Å². The summed E-state index contributed by atoms with van der Waals surface area (Å²) in [6.07, 6.45) is 0. The van der Waals surface area contributed by atoms with Gasteiger partial charge >= 0.3 is 0 Å². The van der Waals surface area contributed by atoms with E-state index in [1.165, 1.54) is 12.1 Å². The third-order valence-electron chi connectivity index (χ3n) is 4.67. The number of hydrogen-bond donors (Lipinski definition) is 1. The number of aryl methyl sites for hydroxylation is 1. The number of benzene rings is 2. The van der Waals surface area contributed by atoms with Gasteiger partial charge in [-0.2, -0.15) is 5.10 Å². The summed E-state index contributed by atoms with van der Waals surface area (Å²) < 4.78 is 25.5. The number of carbonyl (C=O) groups excluding carboxylic acids is 1. The molecule has 7 nitrogen and oxygen atoms in total. The van der Waals surface area contributed by atoms with E-state index in [4.69, 9.17) is 20.9 Å². The number of carbonyl (C=O) groups is 1. The molecule has 2 aromatic heterocycles. The molecule has 0 atom stereocenters. The van der Waals surface area contributed by atoms with Crippen LogP contribution in [0, 0.1) is 12.7 Å². The average Bonchev–Trinajstić information content (AvgIpc) is 3.37. The van der Waals surface area contributed by atoms with Crippen molar-refractivity contribution in [1.82, 2.24) is 14.9 Å². The second-order valence-corrected chi connectivity index (χ2v) is 7.62. The van der Waals surface area contributed by atoms with Crippen LogP contribution in [0.2, 0.25) is 5.02 Å². The van der Waals surface area contributed by atoms with Crippen molar-refractivity contribution in [3.8, 4) is 11.3 Å². The minimum atomic E-state index is -0.330. The summed E-state index contributed by atoms with van der Waals surface area (Å²) in [5.41, 5.74) is 3.19. The predicted molar refractivity (Wildman–Crippen MR) is 118 cm³/mol. The van der Waals surface area contributed by atoms with E-state index < -0.39 is 0 Å². The second-order valence-electron chi connectivity index (χ2n) is 7.19. The van der Waals surface area contributed by atoms with Crippen molar-refractivity contribution in [2.24, 2.45) is 0 Å². The van der Waals surface area contributed by atoms with Crippen molar-refractivity contribution < 1.29 is 18.4 Å². The predicted octanol–water partition coefficient (Wildman–Crippen LogP) is 4.84. The monoisotopic (exact) mass is 454 g/mol. The normalized spacial score (nSPS) is 11.0. The maximum atomic E-state index is 13.0. The number of hydrogen-bond acceptors (Lipinski definition) is 5. The average molecular weight is 455 g/mol. The van der Waals surface area contributed by atoms with Gasteiger partial charge in [-0.15, -0.1) is 0 Å². The zero-order valence-electron chi connectivity index (χ0n) is 17.2. The van der Waals surface area contributed by atoms with Gasteiger partial charge < -0.3 is 14.6 Å². The number of nitrogens with zero attached hydrogens (tertiary/aromatic N) is 3. The molecule has 0 radical (unpaired) electrons. The van der Waals surface area contributed by atoms with E-state index in [-0.39, 0.29) is 24.9 Å². The van der Waals surface area contributed by atoms with Gasteiger partial charge in [0, 0.05) is 28.4 Å². The van der Waals surface area contributed by atoms with Crippen LogP contribution in [0.4, 0.5) is 10.2 Å². The highest BCUT2D eigenvalue weighted by Crippen LogP contribution is 2.21. The van der Waals surface area contributed by atoms with Crippen molar-refractivity contribution in [1.29, 1.82) is 0 Å². The Labute approximate surface area is 188 Å². The molecule has 0 aliphatic rings. The molecule has 9 heteroatoms. The van der Waals surface area contributed by atoms with Gasteiger partial charge in [-0.05, 0) is 48.9 Å². The van der Waals surface area contributed by atoms with Crippen LogP contribution in [-0.2, 0) is 22.7 Å². The first kappa shape index (κ1) is 21.7. The lowest BCUT2D eigenvalue weighted by molar-refractivity contribution is -0.121. The summed E-state index contributed by atoms with van der Waals surface area (Å²) in [7, 11) is 0. The van der Waals surface area contributed by atoms with Crippen molar-refractivity contribution >= 4 is 23.3 Å². The molecule has 164 valence electrons. The molecule has 4 aromatic rings. The van der Waals surface area contributed by atoms with E-state index >= 15 is 0 Å². The molecular weight excluding hydrogens is 435 g/mol. The van der Waals surface area contributed by atoms with Crippen LogP contribution in [0.15, 0.2) is 65.2 Å². The molecule has 1 N–H and O–H groups in total. The molecule has 0 spiro atoms. The summed E-state index contributed by atoms with van der Waals surface area (Å²) in [6, 6.07) is 16.9. The van der Waals surface area contributed by atoms with Crippen molar-refractivity contribution in [3.63, 3.8) is 0 Å². The highest BCUT2D eigenvalue weighted by atomic mass is 35.5. The molecule has 0 unspecified atom stereocenters. The van der Waals surface area contributed by atoms with Gasteiger partial charge in [0.1, 0.15) is 18.1 Å². The van der Waals surface area contributed by atoms with Gasteiger partial charge in [-0.1, -0.05) is 28.9 Å². The van der Waals surface area contributed by atoms with E-state index in [0.717, 1.165) is 11.3 Å². The molecule has 2 aromatic carbocycles. The van der Waals surface area contributed by atoms with Gasteiger partial charge in [0.2, 0.25) is 0 Å². The number of rotatable bonds is 8. The van der Waals surface area contributed by atoms with Gasteiger partial charge in [0.25, 0.3) is 5.91 Å². The molecule has 0 saturated heterocycles. The number of ether oxygens (including phenoxy) is 1. The van der Waals surface area contributed by atoms with E-state index in [2.05, 4.69) is 15.6 Å². The number of anilines is 1. The van der Waals surface area contributed by atoms with Crippen LogP contribution in [0.1, 0.15) is 17.0 Å². The smallest absolute Gasteiger partial charge is 0.251 e. The summed E-state index contributed by atoms with van der Waals surface area (Å²) in [5.74, 6) is 0.288. The third kappa shape index (κ3) is 5.60. The van der Waals surface area contributed by atoms with Crippen molar-refractivity contribution in [2.75, 3.05) is 11.9 Å². The first-order chi connectivity index (χ1) is 15.5. The number of amides is 1. The SMILES string of the molecule is Cc1cc(NC(=O)COCc2cc(-c3ccc(F)cc3)on2)nn1Cc1ccc(Cl)cc1. The van der Waals surface area contributed by atoms with Crippen LogP contribution in [0.5, 0.6) is 0 Å². The lowest BCUT2D eigenvalue weighted by Crippen LogP contribution is -2.18. The molecule has 0 saturated carbocycles. The van der Waals surface area contributed by atoms with Gasteiger partial charge in [-0.3, -0.25) is 9.48 Å². The van der Waals surface area contributed by atoms with Crippen LogP contribution in [-0.4, -0.2) is 27.5 Å². The topological polar surface area (TPSA) is 82.2 Å². The Balaban J connectivity index is 1.26. The number of aromatic nitrogens is 3. The molecule has 0 aliphatic carbocycles. The Hall–Kier alpha value is -3.49. The van der Waals surface area contributed by atoms with Gasteiger partial charge in [0.15, 0.2) is 11.6 Å². The minimum absolute atomic E-state index is 0.0994. The Bertz CT molecular complexity index is 1200. The largest absolute Gasteiger partial charge is 0.365 e. The first-order valence-corrected chi connectivity index (χ1v) is 10.2. The second kappa shape index (κ2) is 9.76. The van der Waals surface area contributed by atoms with Gasteiger partial charge in [-0.25, -0.2) is 4.39 Å². The molecule has 0 aliphatic heterocycles. The summed E-state index contributed by atoms with van der Waals surface area (Å²) in [5, 5.41) is 11.7. The number of halogens is 2. The molecule has 1 amide bonds. The maximum Gasteiger partial charge on any atom is 0.251 e. The number of nitrogens with one attached hydrogen (secondary N) is 1. The summed E-state index contributed by atoms with van der Waals surface area (Å²) in [4.78, 5) is 12.2. The molecule has 4 rings (SSSR count). The fourth-order valence-electron chi connectivity index (χ4n) is 3.05. The van der Waals surface area contributed by atoms with E-state index in [9.17, 15) is 9.18 Å². The third-order valence-corrected chi connectivity index (χ3v) is 4.92. The molecule has 0 fully saturated rings.